The molecule has 0 amide bonds. The number of H-pyrrole nitrogens is 1. The van der Waals surface area contributed by atoms with Gasteiger partial charge in [0.15, 0.2) is 0 Å². The van der Waals surface area contributed by atoms with Gasteiger partial charge in [0.25, 0.3) is 0 Å². The minimum absolute atomic E-state index is 0.157. The van der Waals surface area contributed by atoms with Crippen molar-refractivity contribution in [3.8, 4) is 17.3 Å². The maximum absolute atomic E-state index is 9.17. The minimum atomic E-state index is -0.157. The normalized spacial score (nSPS) is 12.1. The largest absolute Gasteiger partial charge is 0.346 e. The van der Waals surface area contributed by atoms with Crippen molar-refractivity contribution in [2.45, 2.75) is 12.5 Å². The molecule has 4 heterocycles. The zero-order valence-electron chi connectivity index (χ0n) is 12.7. The van der Waals surface area contributed by atoms with E-state index in [-0.39, 0.29) is 6.04 Å². The molecule has 0 saturated heterocycles. The lowest BCUT2D eigenvalue weighted by Gasteiger charge is -2.14. The van der Waals surface area contributed by atoms with Gasteiger partial charge in [0, 0.05) is 35.7 Å². The summed E-state index contributed by atoms with van der Waals surface area (Å²) in [5, 5.41) is 14.6. The number of fused-ring (bicyclic) bond motifs is 1. The molecule has 4 aromatic rings. The molecule has 0 aliphatic rings. The van der Waals surface area contributed by atoms with Gasteiger partial charge in [-0.2, -0.15) is 10.4 Å². The van der Waals surface area contributed by atoms with Gasteiger partial charge < -0.3 is 4.98 Å². The molecule has 0 fully saturated rings. The average molecular weight is 315 g/mol. The molecule has 0 aliphatic carbocycles. The second-order valence-corrected chi connectivity index (χ2v) is 5.33. The number of aromatic amines is 1. The van der Waals surface area contributed by atoms with Crippen LogP contribution in [0.2, 0.25) is 0 Å². The Morgan fingerprint density at radius 2 is 2.08 bits per heavy atom. The molecule has 0 aromatic carbocycles. The molecule has 4 rings (SSSR count). The van der Waals surface area contributed by atoms with E-state index in [4.69, 9.17) is 5.26 Å². The second kappa shape index (κ2) is 5.93. The fourth-order valence-electron chi connectivity index (χ4n) is 2.77. The van der Waals surface area contributed by atoms with Gasteiger partial charge in [0.1, 0.15) is 12.0 Å². The summed E-state index contributed by atoms with van der Waals surface area (Å²) in [5.74, 6) is 0. The van der Waals surface area contributed by atoms with E-state index in [9.17, 15) is 0 Å². The zero-order valence-corrected chi connectivity index (χ0v) is 12.7. The SMILES string of the molecule is N#CCC(c1ccncc1)n1cc(-c2ncnc3[nH]ccc23)cn1. The molecular weight excluding hydrogens is 302 g/mol. The molecule has 24 heavy (non-hydrogen) atoms. The Bertz CT molecular complexity index is 1010. The lowest BCUT2D eigenvalue weighted by molar-refractivity contribution is 0.532. The maximum atomic E-state index is 9.17. The average Bonchev–Trinajstić information content (AvgIpc) is 3.29. The minimum Gasteiger partial charge on any atom is -0.346 e. The molecule has 0 saturated carbocycles. The maximum Gasteiger partial charge on any atom is 0.141 e. The van der Waals surface area contributed by atoms with E-state index >= 15 is 0 Å². The third-order valence-electron chi connectivity index (χ3n) is 3.92. The van der Waals surface area contributed by atoms with Crippen LogP contribution in [0.15, 0.2) is 55.5 Å². The molecule has 4 aromatic heterocycles. The van der Waals surface area contributed by atoms with Gasteiger partial charge >= 0.3 is 0 Å². The Morgan fingerprint density at radius 3 is 2.92 bits per heavy atom. The Balaban J connectivity index is 1.76. The predicted octanol–water partition coefficient (Wildman–Crippen LogP) is 2.72. The highest BCUT2D eigenvalue weighted by atomic mass is 15.3. The Kier molecular flexibility index (Phi) is 3.48. The van der Waals surface area contributed by atoms with Crippen LogP contribution in [-0.2, 0) is 0 Å². The standard InChI is InChI=1S/C17H13N7/c18-5-1-15(12-2-6-19-7-3-12)24-10-13(9-23-24)16-14-4-8-20-17(14)22-11-21-16/h2-4,6-11,15H,1H2,(H,20,21,22). The van der Waals surface area contributed by atoms with Gasteiger partial charge in [-0.1, -0.05) is 0 Å². The van der Waals surface area contributed by atoms with Crippen LogP contribution in [0.25, 0.3) is 22.3 Å². The van der Waals surface area contributed by atoms with Crippen LogP contribution in [0.1, 0.15) is 18.0 Å². The van der Waals surface area contributed by atoms with E-state index in [2.05, 4.69) is 31.1 Å². The molecule has 7 nitrogen and oxygen atoms in total. The van der Waals surface area contributed by atoms with Crippen LogP contribution in [0.5, 0.6) is 0 Å². The number of pyridine rings is 1. The van der Waals surface area contributed by atoms with E-state index in [0.29, 0.717) is 6.42 Å². The van der Waals surface area contributed by atoms with Gasteiger partial charge in [-0.3, -0.25) is 9.67 Å². The molecule has 1 unspecified atom stereocenters. The molecule has 1 N–H and O–H groups in total. The number of nitrogens with one attached hydrogen (secondary N) is 1. The fraction of sp³-hybridized carbons (Fsp3) is 0.118. The summed E-state index contributed by atoms with van der Waals surface area (Å²) in [6.45, 7) is 0. The first kappa shape index (κ1) is 14.1. The first-order valence-electron chi connectivity index (χ1n) is 7.46. The second-order valence-electron chi connectivity index (χ2n) is 5.33. The quantitative estimate of drug-likeness (QED) is 0.624. The van der Waals surface area contributed by atoms with E-state index in [0.717, 1.165) is 27.9 Å². The third kappa shape index (κ3) is 2.40. The van der Waals surface area contributed by atoms with Gasteiger partial charge in [0.2, 0.25) is 0 Å². The topological polar surface area (TPSA) is 96.1 Å². The Hall–Kier alpha value is -3.53. The number of aromatic nitrogens is 6. The molecule has 0 bridgehead atoms. The van der Waals surface area contributed by atoms with Crippen LogP contribution < -0.4 is 0 Å². The summed E-state index contributed by atoms with van der Waals surface area (Å²) in [5.41, 5.74) is 3.49. The van der Waals surface area contributed by atoms with Crippen molar-refractivity contribution in [1.29, 1.82) is 5.26 Å². The summed E-state index contributed by atoms with van der Waals surface area (Å²) in [7, 11) is 0. The number of hydrogen-bond donors (Lipinski definition) is 1. The van der Waals surface area contributed by atoms with Crippen molar-refractivity contribution in [3.63, 3.8) is 0 Å². The highest BCUT2D eigenvalue weighted by Gasteiger charge is 2.16. The summed E-state index contributed by atoms with van der Waals surface area (Å²) in [6.07, 6.45) is 10.8. The highest BCUT2D eigenvalue weighted by molar-refractivity contribution is 5.89. The monoisotopic (exact) mass is 315 g/mol. The molecule has 1 atom stereocenters. The van der Waals surface area contributed by atoms with Gasteiger partial charge in [-0.25, -0.2) is 9.97 Å². The zero-order chi connectivity index (χ0) is 16.4. The van der Waals surface area contributed by atoms with Crippen molar-refractivity contribution < 1.29 is 0 Å². The van der Waals surface area contributed by atoms with E-state index < -0.39 is 0 Å². The van der Waals surface area contributed by atoms with Crippen molar-refractivity contribution in [1.82, 2.24) is 29.7 Å². The van der Waals surface area contributed by atoms with Crippen molar-refractivity contribution in [2.24, 2.45) is 0 Å². The predicted molar refractivity (Wildman–Crippen MR) is 87.7 cm³/mol. The fourth-order valence-corrected chi connectivity index (χ4v) is 2.77. The summed E-state index contributed by atoms with van der Waals surface area (Å²) in [4.78, 5) is 15.7. The number of rotatable bonds is 4. The van der Waals surface area contributed by atoms with Crippen molar-refractivity contribution in [3.05, 3.63) is 61.1 Å². The third-order valence-corrected chi connectivity index (χ3v) is 3.92. The lowest BCUT2D eigenvalue weighted by atomic mass is 10.1. The van der Waals surface area contributed by atoms with E-state index in [1.807, 2.05) is 30.6 Å². The lowest BCUT2D eigenvalue weighted by Crippen LogP contribution is -2.10. The van der Waals surface area contributed by atoms with E-state index in [1.54, 1.807) is 23.3 Å². The summed E-state index contributed by atoms with van der Waals surface area (Å²) < 4.78 is 1.80. The van der Waals surface area contributed by atoms with Gasteiger partial charge in [-0.15, -0.1) is 0 Å². The van der Waals surface area contributed by atoms with Crippen LogP contribution >= 0.6 is 0 Å². The van der Waals surface area contributed by atoms with Crippen LogP contribution in [-0.4, -0.2) is 29.7 Å². The first-order chi connectivity index (χ1) is 11.9. The van der Waals surface area contributed by atoms with Crippen LogP contribution in [0, 0.1) is 11.3 Å². The Morgan fingerprint density at radius 1 is 1.21 bits per heavy atom. The molecule has 0 aliphatic heterocycles. The highest BCUT2D eigenvalue weighted by Crippen LogP contribution is 2.27. The van der Waals surface area contributed by atoms with Gasteiger partial charge in [0.05, 0.1) is 30.4 Å². The number of nitriles is 1. The van der Waals surface area contributed by atoms with Crippen molar-refractivity contribution >= 4 is 11.0 Å². The van der Waals surface area contributed by atoms with E-state index in [1.165, 1.54) is 6.33 Å². The summed E-state index contributed by atoms with van der Waals surface area (Å²) >= 11 is 0. The molecular formula is C17H13N7. The van der Waals surface area contributed by atoms with Crippen molar-refractivity contribution in [2.75, 3.05) is 0 Å². The molecule has 116 valence electrons. The number of hydrogen-bond acceptors (Lipinski definition) is 5. The Labute approximate surface area is 137 Å². The van der Waals surface area contributed by atoms with Crippen LogP contribution in [0.3, 0.4) is 0 Å². The molecule has 0 radical (unpaired) electrons. The number of nitrogens with zero attached hydrogens (tertiary/aromatic N) is 6. The molecule has 7 heteroatoms. The first-order valence-corrected chi connectivity index (χ1v) is 7.46. The molecule has 0 spiro atoms. The smallest absolute Gasteiger partial charge is 0.141 e. The van der Waals surface area contributed by atoms with Crippen LogP contribution in [0.4, 0.5) is 0 Å². The van der Waals surface area contributed by atoms with Gasteiger partial charge in [-0.05, 0) is 23.8 Å². The summed E-state index contributed by atoms with van der Waals surface area (Å²) in [6, 6.07) is 7.81.